The zero-order chi connectivity index (χ0) is 28.1. The van der Waals surface area contributed by atoms with Crippen molar-refractivity contribution in [2.75, 3.05) is 0 Å². The van der Waals surface area contributed by atoms with Gasteiger partial charge in [-0.15, -0.1) is 0 Å². The van der Waals surface area contributed by atoms with Crippen molar-refractivity contribution in [3.8, 4) is 0 Å². The molecule has 7 atom stereocenters. The molecule has 0 N–H and O–H groups in total. The van der Waals surface area contributed by atoms with Crippen LogP contribution in [0.15, 0.2) is 71.8 Å². The van der Waals surface area contributed by atoms with E-state index in [4.69, 9.17) is 9.47 Å². The molecule has 0 amide bonds. The fourth-order valence-corrected chi connectivity index (χ4v) is 8.88. The van der Waals surface area contributed by atoms with Gasteiger partial charge in [-0.1, -0.05) is 55.8 Å². The van der Waals surface area contributed by atoms with Crippen molar-refractivity contribution in [3.63, 3.8) is 0 Å². The maximum absolute atomic E-state index is 14.0. The van der Waals surface area contributed by atoms with Crippen LogP contribution in [0.1, 0.15) is 92.9 Å². The number of benzene rings is 2. The van der Waals surface area contributed by atoms with E-state index in [1.807, 2.05) is 43.3 Å². The highest BCUT2D eigenvalue weighted by Gasteiger charge is 2.59. The summed E-state index contributed by atoms with van der Waals surface area (Å²) in [6.45, 7) is 6.56. The van der Waals surface area contributed by atoms with Crippen molar-refractivity contribution >= 4 is 17.7 Å². The van der Waals surface area contributed by atoms with Gasteiger partial charge in [-0.05, 0) is 98.8 Å². The molecule has 6 rings (SSSR count). The highest BCUT2D eigenvalue weighted by Crippen LogP contribution is 2.64. The second-order valence-corrected chi connectivity index (χ2v) is 13.0. The Morgan fingerprint density at radius 1 is 0.875 bits per heavy atom. The minimum atomic E-state index is -0.292. The van der Waals surface area contributed by atoms with Gasteiger partial charge < -0.3 is 9.47 Å². The second kappa shape index (κ2) is 10.3. The van der Waals surface area contributed by atoms with Gasteiger partial charge in [-0.25, -0.2) is 9.59 Å². The van der Waals surface area contributed by atoms with Crippen LogP contribution in [-0.4, -0.2) is 29.9 Å². The van der Waals surface area contributed by atoms with E-state index in [1.165, 1.54) is 5.57 Å². The molecule has 5 nitrogen and oxygen atoms in total. The summed E-state index contributed by atoms with van der Waals surface area (Å²) >= 11 is 0. The quantitative estimate of drug-likeness (QED) is 0.371. The van der Waals surface area contributed by atoms with Crippen molar-refractivity contribution in [1.29, 1.82) is 0 Å². The van der Waals surface area contributed by atoms with Crippen LogP contribution in [0.25, 0.3) is 0 Å². The number of ether oxygens (including phenoxy) is 2. The van der Waals surface area contributed by atoms with Gasteiger partial charge in [0.1, 0.15) is 12.2 Å². The first-order valence-electron chi connectivity index (χ1n) is 15.0. The maximum Gasteiger partial charge on any atom is 0.338 e. The molecule has 5 heteroatoms. The predicted molar refractivity (Wildman–Crippen MR) is 153 cm³/mol. The number of hydrogen-bond acceptors (Lipinski definition) is 5. The Morgan fingerprint density at radius 3 is 2.20 bits per heavy atom. The van der Waals surface area contributed by atoms with E-state index in [-0.39, 0.29) is 46.7 Å². The number of carbonyl (C=O) groups is 3. The van der Waals surface area contributed by atoms with Crippen LogP contribution in [0.4, 0.5) is 0 Å². The van der Waals surface area contributed by atoms with Gasteiger partial charge in [0.15, 0.2) is 5.78 Å². The fraction of sp³-hybridized carbons (Fsp3) is 0.514. The molecule has 210 valence electrons. The minimum Gasteiger partial charge on any atom is -0.459 e. The second-order valence-electron chi connectivity index (χ2n) is 13.0. The average molecular weight is 541 g/mol. The van der Waals surface area contributed by atoms with Gasteiger partial charge in [0.2, 0.25) is 0 Å². The summed E-state index contributed by atoms with van der Waals surface area (Å²) in [5.41, 5.74) is 3.26. The van der Waals surface area contributed by atoms with E-state index in [2.05, 4.69) is 13.8 Å². The number of fused-ring (bicyclic) bond motifs is 4. The number of ketones is 1. The summed E-state index contributed by atoms with van der Waals surface area (Å²) < 4.78 is 11.9. The van der Waals surface area contributed by atoms with Crippen LogP contribution in [0.3, 0.4) is 0 Å². The van der Waals surface area contributed by atoms with Gasteiger partial charge in [0.25, 0.3) is 0 Å². The van der Waals surface area contributed by atoms with E-state index in [0.717, 1.165) is 50.5 Å². The smallest absolute Gasteiger partial charge is 0.338 e. The molecule has 2 aromatic rings. The van der Waals surface area contributed by atoms with Crippen molar-refractivity contribution < 1.29 is 23.9 Å². The molecule has 2 aromatic carbocycles. The van der Waals surface area contributed by atoms with Gasteiger partial charge in [0.05, 0.1) is 11.1 Å². The van der Waals surface area contributed by atoms with Gasteiger partial charge in [-0.3, -0.25) is 4.79 Å². The summed E-state index contributed by atoms with van der Waals surface area (Å²) in [5.74, 6) is 0.587. The standard InChI is InChI=1S/C35H40O5/c1-22(39-32(37)23-10-6-4-7-11-23)28-16-17-29-27-15-14-25-20-26(40-33(38)24-12-8-5-9-13-24)18-19-34(25,2)31(27)30(36)21-35(28,29)3/h4-13,22,25-26,28-29H,14-21H2,1-3H3/t22-,25-,26+,28-,29+,34-,35+/m0/s1. The molecule has 0 bridgehead atoms. The van der Waals surface area contributed by atoms with E-state index >= 15 is 0 Å². The first-order valence-corrected chi connectivity index (χ1v) is 15.0. The molecule has 40 heavy (non-hydrogen) atoms. The lowest BCUT2D eigenvalue weighted by Gasteiger charge is -2.54. The molecule has 0 aromatic heterocycles. The van der Waals surface area contributed by atoms with Crippen molar-refractivity contribution in [3.05, 3.63) is 82.9 Å². The number of Topliss-reactive ketones (excluding diaryl/α,β-unsaturated/α-hetero) is 1. The molecule has 0 heterocycles. The maximum atomic E-state index is 14.0. The average Bonchev–Trinajstić information content (AvgIpc) is 3.30. The summed E-state index contributed by atoms with van der Waals surface area (Å²) in [4.78, 5) is 39.6. The molecular formula is C35H40O5. The molecule has 2 saturated carbocycles. The molecular weight excluding hydrogens is 500 g/mol. The van der Waals surface area contributed by atoms with E-state index < -0.39 is 0 Å². The minimum absolute atomic E-state index is 0.104. The molecule has 0 radical (unpaired) electrons. The van der Waals surface area contributed by atoms with Crippen LogP contribution in [0, 0.1) is 28.6 Å². The Bertz CT molecular complexity index is 1330. The predicted octanol–water partition coefficient (Wildman–Crippen LogP) is 7.36. The van der Waals surface area contributed by atoms with E-state index in [9.17, 15) is 14.4 Å². The van der Waals surface area contributed by atoms with Gasteiger partial charge in [0, 0.05) is 17.9 Å². The SMILES string of the molecule is C[C@H](OC(=O)c1ccccc1)[C@@H]1CC[C@@H]2C3=C(C(=O)C[C@@]21C)[C@@]1(C)CC[C@@H](OC(=O)c2ccccc2)C[C@@H]1CC3. The normalized spacial score (nSPS) is 33.8. The van der Waals surface area contributed by atoms with Crippen molar-refractivity contribution in [1.82, 2.24) is 0 Å². The van der Waals surface area contributed by atoms with Gasteiger partial charge in [-0.2, -0.15) is 0 Å². The molecule has 2 fully saturated rings. The molecule has 0 spiro atoms. The van der Waals surface area contributed by atoms with Gasteiger partial charge >= 0.3 is 11.9 Å². The Morgan fingerprint density at radius 2 is 1.52 bits per heavy atom. The molecule has 0 saturated heterocycles. The summed E-state index contributed by atoms with van der Waals surface area (Å²) in [6, 6.07) is 18.3. The largest absolute Gasteiger partial charge is 0.459 e. The van der Waals surface area contributed by atoms with Crippen molar-refractivity contribution in [2.24, 2.45) is 28.6 Å². The Hall–Kier alpha value is -3.21. The topological polar surface area (TPSA) is 69.7 Å². The third-order valence-electron chi connectivity index (χ3n) is 10.9. The lowest BCUT2D eigenvalue weighted by molar-refractivity contribution is -0.124. The number of rotatable bonds is 5. The number of esters is 2. The lowest BCUT2D eigenvalue weighted by Crippen LogP contribution is -2.49. The van der Waals surface area contributed by atoms with Crippen LogP contribution in [-0.2, 0) is 14.3 Å². The zero-order valence-electron chi connectivity index (χ0n) is 23.9. The Kier molecular flexibility index (Phi) is 6.96. The summed E-state index contributed by atoms with van der Waals surface area (Å²) in [5, 5.41) is 0. The third kappa shape index (κ3) is 4.52. The van der Waals surface area contributed by atoms with Crippen LogP contribution >= 0.6 is 0 Å². The molecule has 0 unspecified atom stereocenters. The molecule has 4 aliphatic rings. The van der Waals surface area contributed by atoms with Crippen LogP contribution in [0.5, 0.6) is 0 Å². The highest BCUT2D eigenvalue weighted by atomic mass is 16.5. The van der Waals surface area contributed by atoms with E-state index in [0.29, 0.717) is 29.4 Å². The summed E-state index contributed by atoms with van der Waals surface area (Å²) in [7, 11) is 0. The number of carbonyl (C=O) groups excluding carboxylic acids is 3. The number of allylic oxidation sites excluding steroid dienone is 2. The van der Waals surface area contributed by atoms with Crippen LogP contribution in [0.2, 0.25) is 0 Å². The third-order valence-corrected chi connectivity index (χ3v) is 10.9. The monoisotopic (exact) mass is 540 g/mol. The van der Waals surface area contributed by atoms with E-state index in [1.54, 1.807) is 24.3 Å². The highest BCUT2D eigenvalue weighted by molar-refractivity contribution is 5.99. The lowest BCUT2D eigenvalue weighted by atomic mass is 9.50. The zero-order valence-corrected chi connectivity index (χ0v) is 23.9. The van der Waals surface area contributed by atoms with Crippen LogP contribution < -0.4 is 0 Å². The first kappa shape index (κ1) is 27.0. The fourth-order valence-electron chi connectivity index (χ4n) is 8.88. The Balaban J connectivity index is 1.18. The Labute approximate surface area is 237 Å². The first-order chi connectivity index (χ1) is 19.2. The summed E-state index contributed by atoms with van der Waals surface area (Å²) in [6.07, 6.45) is 6.60. The molecule has 4 aliphatic carbocycles. The van der Waals surface area contributed by atoms with Crippen molar-refractivity contribution in [2.45, 2.75) is 84.3 Å². The number of hydrogen-bond donors (Lipinski definition) is 0. The molecule has 0 aliphatic heterocycles.